The van der Waals surface area contributed by atoms with Gasteiger partial charge in [-0.05, 0) is 47.9 Å². The predicted octanol–water partition coefficient (Wildman–Crippen LogP) is 4.01. The monoisotopic (exact) mass is 304 g/mol. The van der Waals surface area contributed by atoms with Gasteiger partial charge in [-0.15, -0.1) is 0 Å². The maximum absolute atomic E-state index is 12.3. The summed E-state index contributed by atoms with van der Waals surface area (Å²) < 4.78 is 2.01. The van der Waals surface area contributed by atoms with Crippen molar-refractivity contribution in [3.63, 3.8) is 0 Å². The molecule has 0 radical (unpaired) electrons. The van der Waals surface area contributed by atoms with Crippen molar-refractivity contribution >= 4 is 5.91 Å². The van der Waals surface area contributed by atoms with E-state index in [0.29, 0.717) is 18.0 Å². The minimum absolute atomic E-state index is 0.0353. The average molecular weight is 304 g/mol. The Morgan fingerprint density at radius 2 is 1.61 bits per heavy atom. The van der Waals surface area contributed by atoms with Gasteiger partial charge in [0.05, 0.1) is 0 Å². The SMILES string of the molecule is CC(CNC(=O)c1ccc(-n2cccc2)cc1)c1ccccc1. The van der Waals surface area contributed by atoms with Crippen LogP contribution in [0.5, 0.6) is 0 Å². The van der Waals surface area contributed by atoms with Crippen LogP contribution in [0.15, 0.2) is 79.1 Å². The van der Waals surface area contributed by atoms with Crippen LogP contribution in [0.3, 0.4) is 0 Å². The summed E-state index contributed by atoms with van der Waals surface area (Å²) in [5.41, 5.74) is 2.96. The highest BCUT2D eigenvalue weighted by Crippen LogP contribution is 2.14. The van der Waals surface area contributed by atoms with E-state index in [2.05, 4.69) is 24.4 Å². The molecule has 1 N–H and O–H groups in total. The Labute approximate surface area is 136 Å². The molecule has 1 aromatic heterocycles. The van der Waals surface area contributed by atoms with Crippen molar-refractivity contribution in [3.8, 4) is 5.69 Å². The predicted molar refractivity (Wildman–Crippen MR) is 93.0 cm³/mol. The average Bonchev–Trinajstić information content (AvgIpc) is 3.15. The second-order valence-electron chi connectivity index (χ2n) is 5.66. The van der Waals surface area contributed by atoms with Crippen molar-refractivity contribution in [2.75, 3.05) is 6.54 Å². The second-order valence-corrected chi connectivity index (χ2v) is 5.66. The van der Waals surface area contributed by atoms with Crippen LogP contribution in [-0.2, 0) is 0 Å². The molecule has 3 heteroatoms. The molecule has 0 saturated heterocycles. The lowest BCUT2D eigenvalue weighted by Gasteiger charge is -2.13. The number of nitrogens with one attached hydrogen (secondary N) is 1. The standard InChI is InChI=1S/C20H20N2O/c1-16(17-7-3-2-4-8-17)15-21-20(23)18-9-11-19(12-10-18)22-13-5-6-14-22/h2-14,16H,15H2,1H3,(H,21,23). The molecule has 3 aromatic rings. The normalized spacial score (nSPS) is 11.9. The number of hydrogen-bond donors (Lipinski definition) is 1. The van der Waals surface area contributed by atoms with Gasteiger partial charge in [-0.2, -0.15) is 0 Å². The fourth-order valence-electron chi connectivity index (χ4n) is 2.54. The minimum Gasteiger partial charge on any atom is -0.351 e. The van der Waals surface area contributed by atoms with Gasteiger partial charge in [0.2, 0.25) is 0 Å². The number of rotatable bonds is 5. The first-order valence-electron chi connectivity index (χ1n) is 7.80. The molecule has 3 rings (SSSR count). The Balaban J connectivity index is 1.60. The van der Waals surface area contributed by atoms with Gasteiger partial charge >= 0.3 is 0 Å². The van der Waals surface area contributed by atoms with Crippen LogP contribution in [0.2, 0.25) is 0 Å². The highest BCUT2D eigenvalue weighted by Gasteiger charge is 2.09. The van der Waals surface area contributed by atoms with E-state index in [1.54, 1.807) is 0 Å². The lowest BCUT2D eigenvalue weighted by atomic mass is 10.0. The molecule has 0 aliphatic rings. The van der Waals surface area contributed by atoms with Crippen LogP contribution in [0.25, 0.3) is 5.69 Å². The quantitative estimate of drug-likeness (QED) is 0.759. The van der Waals surface area contributed by atoms with Crippen molar-refractivity contribution in [2.45, 2.75) is 12.8 Å². The minimum atomic E-state index is -0.0353. The van der Waals surface area contributed by atoms with Gasteiger partial charge < -0.3 is 9.88 Å². The summed E-state index contributed by atoms with van der Waals surface area (Å²) in [5, 5.41) is 3.01. The highest BCUT2D eigenvalue weighted by atomic mass is 16.1. The summed E-state index contributed by atoms with van der Waals surface area (Å²) in [7, 11) is 0. The largest absolute Gasteiger partial charge is 0.351 e. The molecule has 23 heavy (non-hydrogen) atoms. The van der Waals surface area contributed by atoms with Gasteiger partial charge in [0.1, 0.15) is 0 Å². The van der Waals surface area contributed by atoms with Crippen LogP contribution in [0.1, 0.15) is 28.8 Å². The zero-order valence-electron chi connectivity index (χ0n) is 13.1. The van der Waals surface area contributed by atoms with Gasteiger partial charge in [0, 0.05) is 30.2 Å². The molecule has 1 amide bonds. The van der Waals surface area contributed by atoms with E-state index in [0.717, 1.165) is 5.69 Å². The molecule has 1 unspecified atom stereocenters. The van der Waals surface area contributed by atoms with Crippen LogP contribution in [-0.4, -0.2) is 17.0 Å². The smallest absolute Gasteiger partial charge is 0.251 e. The Bertz CT molecular complexity index is 746. The van der Waals surface area contributed by atoms with E-state index in [9.17, 15) is 4.79 Å². The molecule has 0 fully saturated rings. The molecule has 0 aliphatic carbocycles. The lowest BCUT2D eigenvalue weighted by Crippen LogP contribution is -2.27. The van der Waals surface area contributed by atoms with Gasteiger partial charge in [0.25, 0.3) is 5.91 Å². The maximum Gasteiger partial charge on any atom is 0.251 e. The summed E-state index contributed by atoms with van der Waals surface area (Å²) in [6.45, 7) is 2.74. The number of aromatic nitrogens is 1. The third kappa shape index (κ3) is 3.69. The first-order valence-corrected chi connectivity index (χ1v) is 7.80. The third-order valence-electron chi connectivity index (χ3n) is 3.97. The van der Waals surface area contributed by atoms with E-state index in [4.69, 9.17) is 0 Å². The van der Waals surface area contributed by atoms with Crippen LogP contribution < -0.4 is 5.32 Å². The fraction of sp³-hybridized carbons (Fsp3) is 0.150. The molecule has 116 valence electrons. The van der Waals surface area contributed by atoms with Crippen LogP contribution in [0, 0.1) is 0 Å². The number of nitrogens with zero attached hydrogens (tertiary/aromatic N) is 1. The van der Waals surface area contributed by atoms with Gasteiger partial charge in [-0.25, -0.2) is 0 Å². The molecule has 3 nitrogen and oxygen atoms in total. The Morgan fingerprint density at radius 3 is 2.26 bits per heavy atom. The van der Waals surface area contributed by atoms with Crippen molar-refractivity contribution in [2.24, 2.45) is 0 Å². The number of amides is 1. The molecule has 0 aliphatic heterocycles. The topological polar surface area (TPSA) is 34.0 Å². The van der Waals surface area contributed by atoms with Crippen molar-refractivity contribution in [1.29, 1.82) is 0 Å². The third-order valence-corrected chi connectivity index (χ3v) is 3.97. The summed E-state index contributed by atoms with van der Waals surface area (Å²) in [5.74, 6) is 0.256. The Morgan fingerprint density at radius 1 is 0.957 bits per heavy atom. The summed E-state index contributed by atoms with van der Waals surface area (Å²) in [6.07, 6.45) is 3.97. The molecule has 0 bridgehead atoms. The number of carbonyl (C=O) groups is 1. The fourth-order valence-corrected chi connectivity index (χ4v) is 2.54. The zero-order chi connectivity index (χ0) is 16.1. The summed E-state index contributed by atoms with van der Waals surface area (Å²) >= 11 is 0. The van der Waals surface area contributed by atoms with Gasteiger partial charge in [-0.3, -0.25) is 4.79 Å². The van der Waals surface area contributed by atoms with Crippen molar-refractivity contribution in [1.82, 2.24) is 9.88 Å². The van der Waals surface area contributed by atoms with E-state index in [1.807, 2.05) is 71.6 Å². The number of benzene rings is 2. The van der Waals surface area contributed by atoms with Crippen LogP contribution >= 0.6 is 0 Å². The molecule has 1 atom stereocenters. The first kappa shape index (κ1) is 15.1. The highest BCUT2D eigenvalue weighted by molar-refractivity contribution is 5.94. The van der Waals surface area contributed by atoms with Crippen LogP contribution in [0.4, 0.5) is 0 Å². The summed E-state index contributed by atoms with van der Waals surface area (Å²) in [6, 6.07) is 21.8. The molecular weight excluding hydrogens is 284 g/mol. The van der Waals surface area contributed by atoms with Crippen molar-refractivity contribution in [3.05, 3.63) is 90.3 Å². The maximum atomic E-state index is 12.3. The molecular formula is C20H20N2O. The van der Waals surface area contributed by atoms with Gasteiger partial charge in [-0.1, -0.05) is 37.3 Å². The number of hydrogen-bond acceptors (Lipinski definition) is 1. The molecule has 0 saturated carbocycles. The lowest BCUT2D eigenvalue weighted by molar-refractivity contribution is 0.0951. The Hall–Kier alpha value is -2.81. The van der Waals surface area contributed by atoms with E-state index in [1.165, 1.54) is 5.56 Å². The molecule has 1 heterocycles. The molecule has 0 spiro atoms. The van der Waals surface area contributed by atoms with Crippen molar-refractivity contribution < 1.29 is 4.79 Å². The van der Waals surface area contributed by atoms with E-state index < -0.39 is 0 Å². The number of carbonyl (C=O) groups excluding carboxylic acids is 1. The summed E-state index contributed by atoms with van der Waals surface area (Å²) in [4.78, 5) is 12.3. The van der Waals surface area contributed by atoms with E-state index in [-0.39, 0.29) is 5.91 Å². The van der Waals surface area contributed by atoms with E-state index >= 15 is 0 Å². The second kappa shape index (κ2) is 6.97. The first-order chi connectivity index (χ1) is 11.2. The Kier molecular flexibility index (Phi) is 4.57. The van der Waals surface area contributed by atoms with Gasteiger partial charge in [0.15, 0.2) is 0 Å². The zero-order valence-corrected chi connectivity index (χ0v) is 13.1. The molecule has 2 aromatic carbocycles.